The van der Waals surface area contributed by atoms with Crippen LogP contribution in [0.4, 0.5) is 9.18 Å². The molecule has 0 aliphatic carbocycles. The van der Waals surface area contributed by atoms with E-state index < -0.39 is 0 Å². The summed E-state index contributed by atoms with van der Waals surface area (Å²) in [7, 11) is 0. The molecule has 0 fully saturated rings. The van der Waals surface area contributed by atoms with Crippen LogP contribution < -0.4 is 11.1 Å². The number of nitrogens with zero attached hydrogens (tertiary/aromatic N) is 3. The smallest absolute Gasteiger partial charge is 0.335 e. The van der Waals surface area contributed by atoms with Crippen LogP contribution in [0.1, 0.15) is 5.56 Å². The lowest BCUT2D eigenvalue weighted by Gasteiger charge is -2.10. The number of pyridine rings is 1. The number of fused-ring (bicyclic) bond motifs is 1. The van der Waals surface area contributed by atoms with E-state index in [0.29, 0.717) is 24.2 Å². The third-order valence-electron chi connectivity index (χ3n) is 4.73. The zero-order valence-corrected chi connectivity index (χ0v) is 15.9. The largest absolute Gasteiger partial charge is 0.342 e. The Balaban J connectivity index is 1.76. The Morgan fingerprint density at radius 2 is 2.00 bits per heavy atom. The van der Waals surface area contributed by atoms with E-state index in [0.717, 1.165) is 27.8 Å². The van der Waals surface area contributed by atoms with Crippen LogP contribution in [0.2, 0.25) is 0 Å². The molecule has 2 heterocycles. The summed E-state index contributed by atoms with van der Waals surface area (Å²) in [6.45, 7) is 2.48. The van der Waals surface area contributed by atoms with Gasteiger partial charge in [0, 0.05) is 35.8 Å². The summed E-state index contributed by atoms with van der Waals surface area (Å²) in [5.74, 6) is -0.243. The van der Waals surface area contributed by atoms with Gasteiger partial charge in [-0.25, -0.2) is 9.18 Å². The topological polar surface area (TPSA) is 85.8 Å². The Bertz CT molecular complexity index is 1200. The van der Waals surface area contributed by atoms with Crippen molar-refractivity contribution in [3.63, 3.8) is 0 Å². The van der Waals surface area contributed by atoms with Crippen LogP contribution in [0.15, 0.2) is 60.9 Å². The summed E-state index contributed by atoms with van der Waals surface area (Å²) in [5.41, 5.74) is 10.2. The predicted octanol–water partition coefficient (Wildman–Crippen LogP) is 3.73. The van der Waals surface area contributed by atoms with Crippen LogP contribution in [-0.2, 0) is 0 Å². The molecule has 4 rings (SSSR count). The Hall–Kier alpha value is -3.58. The van der Waals surface area contributed by atoms with Crippen molar-refractivity contribution in [3.8, 4) is 22.4 Å². The number of aromatic nitrogens is 3. The van der Waals surface area contributed by atoms with Gasteiger partial charge in [0.25, 0.3) is 0 Å². The van der Waals surface area contributed by atoms with Crippen LogP contribution in [0, 0.1) is 12.7 Å². The Morgan fingerprint density at radius 3 is 2.79 bits per heavy atom. The highest BCUT2D eigenvalue weighted by Crippen LogP contribution is 2.32. The maximum Gasteiger partial charge on any atom is 0.342 e. The van der Waals surface area contributed by atoms with Crippen molar-refractivity contribution in [3.05, 3.63) is 72.3 Å². The van der Waals surface area contributed by atoms with Crippen LogP contribution in [0.5, 0.6) is 0 Å². The van der Waals surface area contributed by atoms with E-state index in [9.17, 15) is 9.18 Å². The predicted molar refractivity (Wildman–Crippen MR) is 111 cm³/mol. The number of nitrogens with two attached hydrogens (primary N) is 1. The van der Waals surface area contributed by atoms with Crippen molar-refractivity contribution < 1.29 is 9.18 Å². The molecule has 29 heavy (non-hydrogen) atoms. The maximum absolute atomic E-state index is 13.7. The van der Waals surface area contributed by atoms with E-state index in [2.05, 4.69) is 15.4 Å². The number of carbonyl (C=O) groups excluding carboxylic acids is 1. The lowest BCUT2D eigenvalue weighted by molar-refractivity contribution is 0.241. The van der Waals surface area contributed by atoms with Crippen molar-refractivity contribution in [2.24, 2.45) is 5.73 Å². The van der Waals surface area contributed by atoms with Gasteiger partial charge in [0.15, 0.2) is 0 Å². The Morgan fingerprint density at radius 1 is 1.17 bits per heavy atom. The fourth-order valence-electron chi connectivity index (χ4n) is 3.28. The van der Waals surface area contributed by atoms with Gasteiger partial charge in [-0.3, -0.25) is 4.98 Å². The van der Waals surface area contributed by atoms with E-state index in [1.165, 1.54) is 10.7 Å². The van der Waals surface area contributed by atoms with E-state index in [1.807, 2.05) is 30.3 Å². The van der Waals surface area contributed by atoms with Gasteiger partial charge in [-0.15, -0.1) is 0 Å². The van der Waals surface area contributed by atoms with Gasteiger partial charge in [0.05, 0.1) is 17.4 Å². The Kier molecular flexibility index (Phi) is 5.05. The normalized spacial score (nSPS) is 11.0. The highest BCUT2D eigenvalue weighted by Gasteiger charge is 2.14. The lowest BCUT2D eigenvalue weighted by Crippen LogP contribution is -2.33. The molecule has 0 atom stereocenters. The molecule has 7 heteroatoms. The highest BCUT2D eigenvalue weighted by atomic mass is 19.1. The second-order valence-corrected chi connectivity index (χ2v) is 6.71. The molecule has 0 bridgehead atoms. The molecule has 2 aromatic heterocycles. The molecule has 0 radical (unpaired) electrons. The van der Waals surface area contributed by atoms with Gasteiger partial charge in [-0.2, -0.15) is 9.78 Å². The zero-order valence-electron chi connectivity index (χ0n) is 15.9. The summed E-state index contributed by atoms with van der Waals surface area (Å²) >= 11 is 0. The number of aryl methyl sites for hydroxylation is 1. The number of rotatable bonds is 4. The minimum Gasteiger partial charge on any atom is -0.335 e. The minimum absolute atomic E-state index is 0.243. The first kappa shape index (κ1) is 18.8. The molecule has 4 aromatic rings. The lowest BCUT2D eigenvalue weighted by atomic mass is 9.97. The van der Waals surface area contributed by atoms with E-state index in [4.69, 9.17) is 5.73 Å². The number of hydrogen-bond acceptors (Lipinski definition) is 4. The van der Waals surface area contributed by atoms with Crippen molar-refractivity contribution in [2.45, 2.75) is 6.92 Å². The highest BCUT2D eigenvalue weighted by molar-refractivity contribution is 5.93. The van der Waals surface area contributed by atoms with Crippen molar-refractivity contribution in [1.82, 2.24) is 20.1 Å². The number of carbonyl (C=O) groups is 1. The molecule has 0 aliphatic rings. The van der Waals surface area contributed by atoms with E-state index in [-0.39, 0.29) is 11.8 Å². The number of halogens is 1. The molecule has 0 saturated heterocycles. The molecule has 146 valence electrons. The molecular weight excluding hydrogens is 369 g/mol. The summed E-state index contributed by atoms with van der Waals surface area (Å²) in [4.78, 5) is 16.7. The zero-order chi connectivity index (χ0) is 20.4. The van der Waals surface area contributed by atoms with Gasteiger partial charge in [0.1, 0.15) is 5.82 Å². The second kappa shape index (κ2) is 7.81. The van der Waals surface area contributed by atoms with Crippen LogP contribution in [0.3, 0.4) is 0 Å². The van der Waals surface area contributed by atoms with Crippen LogP contribution >= 0.6 is 0 Å². The quantitative estimate of drug-likeness (QED) is 0.557. The molecular formula is C22H20FN5O. The van der Waals surface area contributed by atoms with Gasteiger partial charge < -0.3 is 11.1 Å². The molecule has 0 saturated carbocycles. The van der Waals surface area contributed by atoms with E-state index >= 15 is 0 Å². The average molecular weight is 389 g/mol. The molecule has 1 amide bonds. The fraction of sp³-hybridized carbons (Fsp3) is 0.136. The SMILES string of the molecule is Cc1cc(-c2ncccc2-c2ccc3c(cnn3C(=O)NCCN)c2)ccc1F. The van der Waals surface area contributed by atoms with Gasteiger partial charge >= 0.3 is 6.03 Å². The average Bonchev–Trinajstić information content (AvgIpc) is 3.17. The third kappa shape index (κ3) is 3.60. The summed E-state index contributed by atoms with van der Waals surface area (Å²) in [6.07, 6.45) is 3.37. The van der Waals surface area contributed by atoms with Gasteiger partial charge in [-0.05, 0) is 54.4 Å². The molecule has 0 aliphatic heterocycles. The first-order valence-corrected chi connectivity index (χ1v) is 9.26. The summed E-state index contributed by atoms with van der Waals surface area (Å²) in [6, 6.07) is 14.2. The van der Waals surface area contributed by atoms with Gasteiger partial charge in [0.2, 0.25) is 0 Å². The summed E-state index contributed by atoms with van der Waals surface area (Å²) in [5, 5.41) is 7.73. The molecule has 0 spiro atoms. The second-order valence-electron chi connectivity index (χ2n) is 6.71. The van der Waals surface area contributed by atoms with Crippen LogP contribution in [-0.4, -0.2) is 33.9 Å². The van der Waals surface area contributed by atoms with Crippen molar-refractivity contribution in [2.75, 3.05) is 13.1 Å². The number of hydrogen-bond donors (Lipinski definition) is 2. The first-order valence-electron chi connectivity index (χ1n) is 9.26. The third-order valence-corrected chi connectivity index (χ3v) is 4.73. The molecule has 0 unspecified atom stereocenters. The number of amides is 1. The minimum atomic E-state index is -0.318. The standard InChI is InChI=1S/C22H20FN5O/c1-14-11-16(4-6-19(14)23)21-18(3-2-9-25-21)15-5-7-20-17(12-15)13-27-28(20)22(29)26-10-8-24/h2-7,9,11-13H,8,10,24H2,1H3,(H,26,29). The summed E-state index contributed by atoms with van der Waals surface area (Å²) < 4.78 is 15.0. The fourth-order valence-corrected chi connectivity index (χ4v) is 3.28. The van der Waals surface area contributed by atoms with Crippen molar-refractivity contribution >= 4 is 16.9 Å². The molecule has 2 aromatic carbocycles. The van der Waals surface area contributed by atoms with Crippen molar-refractivity contribution in [1.29, 1.82) is 0 Å². The molecule has 6 nitrogen and oxygen atoms in total. The van der Waals surface area contributed by atoms with Crippen LogP contribution in [0.25, 0.3) is 33.3 Å². The maximum atomic E-state index is 13.7. The number of nitrogens with one attached hydrogen (secondary N) is 1. The monoisotopic (exact) mass is 389 g/mol. The molecule has 3 N–H and O–H groups in total. The number of benzene rings is 2. The van der Waals surface area contributed by atoms with Gasteiger partial charge in [-0.1, -0.05) is 12.1 Å². The first-order chi connectivity index (χ1) is 14.1. The van der Waals surface area contributed by atoms with E-state index in [1.54, 1.807) is 31.5 Å². The Labute approximate surface area is 167 Å².